The van der Waals surface area contributed by atoms with Crippen LogP contribution in [-0.2, 0) is 9.57 Å². The number of hydrogen-bond donors (Lipinski definition) is 1. The van der Waals surface area contributed by atoms with Crippen molar-refractivity contribution in [3.63, 3.8) is 0 Å². The zero-order chi connectivity index (χ0) is 10.8. The topological polar surface area (TPSA) is 73.9 Å². The zero-order valence-corrected chi connectivity index (χ0v) is 9.26. The highest BCUT2D eigenvalue weighted by molar-refractivity contribution is 8.14. The number of ether oxygens (including phenoxy) is 1. The van der Waals surface area contributed by atoms with E-state index >= 15 is 0 Å². The van der Waals surface area contributed by atoms with Gasteiger partial charge >= 0.3 is 6.09 Å². The Morgan fingerprint density at radius 3 is 2.86 bits per heavy atom. The number of rotatable bonds is 1. The number of carbonyl (C=O) groups excluding carboxylic acids is 1. The maximum Gasteiger partial charge on any atom is 0.430 e. The summed E-state index contributed by atoms with van der Waals surface area (Å²) in [5.74, 6) is 0.531. The van der Waals surface area contributed by atoms with Gasteiger partial charge in [-0.15, -0.1) is 0 Å². The van der Waals surface area contributed by atoms with E-state index in [2.05, 4.69) is 9.99 Å². The van der Waals surface area contributed by atoms with Crippen LogP contribution >= 0.6 is 11.8 Å². The highest BCUT2D eigenvalue weighted by Crippen LogP contribution is 2.33. The number of carbonyl (C=O) groups is 1. The molecule has 1 saturated heterocycles. The molecule has 1 amide bonds. The van der Waals surface area contributed by atoms with Gasteiger partial charge in [-0.05, 0) is 5.41 Å². The second-order valence-corrected chi connectivity index (χ2v) is 4.96. The smallest absolute Gasteiger partial charge is 0.360 e. The van der Waals surface area contributed by atoms with Crippen LogP contribution in [-0.4, -0.2) is 23.2 Å². The predicted octanol–water partition coefficient (Wildman–Crippen LogP) is 1.53. The molecule has 0 bridgehead atoms. The molecule has 1 unspecified atom stereocenters. The van der Waals surface area contributed by atoms with Crippen LogP contribution in [0.4, 0.5) is 4.79 Å². The molecule has 0 spiro atoms. The Labute approximate surface area is 87.0 Å². The largest absolute Gasteiger partial charge is 0.430 e. The van der Waals surface area contributed by atoms with Crippen molar-refractivity contribution in [2.75, 3.05) is 5.94 Å². The van der Waals surface area contributed by atoms with Gasteiger partial charge in [0.1, 0.15) is 11.1 Å². The number of nitrogens with zero attached hydrogens (tertiary/aromatic N) is 1. The number of thioether (sulfide) groups is 1. The van der Waals surface area contributed by atoms with Gasteiger partial charge < -0.3 is 10.5 Å². The molecule has 80 valence electrons. The first-order valence-corrected chi connectivity index (χ1v) is 5.18. The van der Waals surface area contributed by atoms with Gasteiger partial charge in [-0.1, -0.05) is 37.7 Å². The fourth-order valence-corrected chi connectivity index (χ4v) is 2.08. The normalized spacial score (nSPS) is 25.4. The minimum absolute atomic E-state index is 0.0661. The quantitative estimate of drug-likeness (QED) is 0.535. The van der Waals surface area contributed by atoms with Crippen molar-refractivity contribution < 1.29 is 14.4 Å². The Bertz CT molecular complexity index is 260. The van der Waals surface area contributed by atoms with Gasteiger partial charge in [-0.25, -0.2) is 4.79 Å². The molecule has 0 aromatic heterocycles. The van der Waals surface area contributed by atoms with Crippen LogP contribution in [0.1, 0.15) is 20.8 Å². The third kappa shape index (κ3) is 2.88. The Hall–Kier alpha value is -0.750. The van der Waals surface area contributed by atoms with Crippen molar-refractivity contribution in [3.8, 4) is 0 Å². The number of oxime groups is 1. The Kier molecular flexibility index (Phi) is 3.38. The van der Waals surface area contributed by atoms with Crippen molar-refractivity contribution in [1.82, 2.24) is 0 Å². The summed E-state index contributed by atoms with van der Waals surface area (Å²) < 4.78 is 5.46. The van der Waals surface area contributed by atoms with Crippen LogP contribution < -0.4 is 5.73 Å². The van der Waals surface area contributed by atoms with E-state index in [-0.39, 0.29) is 11.5 Å². The Morgan fingerprint density at radius 1 is 1.71 bits per heavy atom. The standard InChI is InChI=1S/C8H14N2O3S/c1-8(2,3)5-6(14-4-12-5)10-13-7(9)11/h5H,4H2,1-3H3,(H2,9,11). The molecular formula is C8H14N2O3S. The molecule has 0 aromatic carbocycles. The van der Waals surface area contributed by atoms with Crippen LogP contribution in [0.3, 0.4) is 0 Å². The summed E-state index contributed by atoms with van der Waals surface area (Å²) >= 11 is 1.41. The lowest BCUT2D eigenvalue weighted by Gasteiger charge is -2.24. The maximum atomic E-state index is 10.4. The summed E-state index contributed by atoms with van der Waals surface area (Å²) in [4.78, 5) is 14.7. The minimum Gasteiger partial charge on any atom is -0.360 e. The molecule has 0 aromatic rings. The summed E-state index contributed by atoms with van der Waals surface area (Å²) in [6.07, 6.45) is -1.04. The molecule has 0 saturated carbocycles. The molecule has 5 nitrogen and oxygen atoms in total. The summed E-state index contributed by atoms with van der Waals surface area (Å²) in [5.41, 5.74) is 4.74. The molecule has 1 aliphatic rings. The van der Waals surface area contributed by atoms with Gasteiger partial charge in [0.15, 0.2) is 0 Å². The van der Waals surface area contributed by atoms with Gasteiger partial charge in [-0.3, -0.25) is 4.84 Å². The van der Waals surface area contributed by atoms with Gasteiger partial charge in [0.2, 0.25) is 0 Å². The predicted molar refractivity (Wildman–Crippen MR) is 54.9 cm³/mol. The molecular weight excluding hydrogens is 204 g/mol. The maximum absolute atomic E-state index is 10.4. The number of hydrogen-bond acceptors (Lipinski definition) is 5. The molecule has 14 heavy (non-hydrogen) atoms. The van der Waals surface area contributed by atoms with Gasteiger partial charge in [0.25, 0.3) is 0 Å². The van der Waals surface area contributed by atoms with E-state index < -0.39 is 6.09 Å². The lowest BCUT2D eigenvalue weighted by atomic mass is 9.90. The second kappa shape index (κ2) is 4.18. The van der Waals surface area contributed by atoms with Gasteiger partial charge in [-0.2, -0.15) is 0 Å². The molecule has 0 aliphatic carbocycles. The van der Waals surface area contributed by atoms with Crippen LogP contribution in [0.5, 0.6) is 0 Å². The van der Waals surface area contributed by atoms with Crippen LogP contribution in [0.15, 0.2) is 5.16 Å². The van der Waals surface area contributed by atoms with E-state index in [1.165, 1.54) is 11.8 Å². The van der Waals surface area contributed by atoms with E-state index in [4.69, 9.17) is 10.5 Å². The van der Waals surface area contributed by atoms with Crippen LogP contribution in [0, 0.1) is 5.41 Å². The van der Waals surface area contributed by atoms with E-state index in [1.54, 1.807) is 0 Å². The Balaban J connectivity index is 2.68. The average Bonchev–Trinajstić information content (AvgIpc) is 2.46. The first-order chi connectivity index (χ1) is 6.41. The highest BCUT2D eigenvalue weighted by atomic mass is 32.2. The van der Waals surface area contributed by atoms with Crippen molar-refractivity contribution in [1.29, 1.82) is 0 Å². The third-order valence-electron chi connectivity index (χ3n) is 1.68. The number of nitrogens with two attached hydrogens (primary N) is 1. The van der Waals surface area contributed by atoms with Crippen molar-refractivity contribution in [2.45, 2.75) is 26.9 Å². The molecule has 1 fully saturated rings. The van der Waals surface area contributed by atoms with Crippen molar-refractivity contribution in [2.24, 2.45) is 16.3 Å². The number of primary amides is 1. The summed E-state index contributed by atoms with van der Waals surface area (Å²) in [6, 6.07) is 0. The first kappa shape index (κ1) is 11.3. The molecule has 1 aliphatic heterocycles. The average molecular weight is 218 g/mol. The van der Waals surface area contributed by atoms with Crippen molar-refractivity contribution in [3.05, 3.63) is 0 Å². The molecule has 2 N–H and O–H groups in total. The summed E-state index contributed by atoms with van der Waals surface area (Å²) in [6.45, 7) is 6.09. The fourth-order valence-electron chi connectivity index (χ4n) is 1.09. The summed E-state index contributed by atoms with van der Waals surface area (Å²) in [5, 5.41) is 4.31. The van der Waals surface area contributed by atoms with Gasteiger partial charge in [0, 0.05) is 0 Å². The monoisotopic (exact) mass is 218 g/mol. The van der Waals surface area contributed by atoms with Crippen LogP contribution in [0.2, 0.25) is 0 Å². The lowest BCUT2D eigenvalue weighted by molar-refractivity contribution is 0.0654. The fraction of sp³-hybridized carbons (Fsp3) is 0.750. The zero-order valence-electron chi connectivity index (χ0n) is 8.44. The highest BCUT2D eigenvalue weighted by Gasteiger charge is 2.35. The third-order valence-corrected chi connectivity index (χ3v) is 2.52. The van der Waals surface area contributed by atoms with E-state index in [0.717, 1.165) is 0 Å². The van der Waals surface area contributed by atoms with Gasteiger partial charge in [0.05, 0.1) is 5.94 Å². The molecule has 1 heterocycles. The minimum atomic E-state index is -0.905. The second-order valence-electron chi connectivity index (χ2n) is 4.01. The van der Waals surface area contributed by atoms with E-state index in [0.29, 0.717) is 11.0 Å². The van der Waals surface area contributed by atoms with Crippen LogP contribution in [0.25, 0.3) is 0 Å². The van der Waals surface area contributed by atoms with E-state index in [1.807, 2.05) is 20.8 Å². The molecule has 1 atom stereocenters. The molecule has 0 radical (unpaired) electrons. The molecule has 1 rings (SSSR count). The number of amides is 1. The SMILES string of the molecule is CC(C)(C)C1OCSC1=NOC(N)=O. The summed E-state index contributed by atoms with van der Waals surface area (Å²) in [7, 11) is 0. The van der Waals surface area contributed by atoms with E-state index in [9.17, 15) is 4.79 Å². The molecule has 6 heteroatoms. The van der Waals surface area contributed by atoms with Crippen molar-refractivity contribution >= 4 is 22.9 Å². The first-order valence-electron chi connectivity index (χ1n) is 4.20. The lowest BCUT2D eigenvalue weighted by Crippen LogP contribution is -2.31. The Morgan fingerprint density at radius 2 is 2.36 bits per heavy atom.